The van der Waals surface area contributed by atoms with E-state index in [-0.39, 0.29) is 22.8 Å². The number of likely N-dealkylation sites (tertiary alicyclic amines) is 1. The fourth-order valence-corrected chi connectivity index (χ4v) is 5.04. The van der Waals surface area contributed by atoms with Crippen molar-refractivity contribution in [1.82, 2.24) is 25.2 Å². The maximum atomic E-state index is 14.9. The molecule has 0 spiro atoms. The van der Waals surface area contributed by atoms with Gasteiger partial charge in [-0.1, -0.05) is 11.3 Å². The number of alkyl halides is 1. The van der Waals surface area contributed by atoms with Gasteiger partial charge in [-0.05, 0) is 49.2 Å². The van der Waals surface area contributed by atoms with Crippen molar-refractivity contribution in [3.63, 3.8) is 0 Å². The maximum Gasteiger partial charge on any atom is 0.252 e. The van der Waals surface area contributed by atoms with Crippen LogP contribution < -0.4 is 10.1 Å². The average molecular weight is 486 g/mol. The zero-order chi connectivity index (χ0) is 23.7. The number of pyridine rings is 2. The van der Waals surface area contributed by atoms with Gasteiger partial charge in [0, 0.05) is 43.3 Å². The first-order valence-corrected chi connectivity index (χ1v) is 11.9. The van der Waals surface area contributed by atoms with Gasteiger partial charge in [-0.2, -0.15) is 0 Å². The molecule has 5 rings (SSSR count). The molecule has 4 aromatic rings. The van der Waals surface area contributed by atoms with E-state index in [0.29, 0.717) is 48.2 Å². The predicted octanol–water partition coefficient (Wildman–Crippen LogP) is 3.62. The molecule has 0 radical (unpaired) electrons. The number of piperidine rings is 1. The van der Waals surface area contributed by atoms with Gasteiger partial charge in [0.15, 0.2) is 5.82 Å². The summed E-state index contributed by atoms with van der Waals surface area (Å²) in [5, 5.41) is 3.70. The fourth-order valence-electron chi connectivity index (χ4n) is 4.35. The molecule has 0 amide bonds. The van der Waals surface area contributed by atoms with Crippen LogP contribution in [0.1, 0.15) is 17.7 Å². The van der Waals surface area contributed by atoms with Crippen molar-refractivity contribution >= 4 is 32.6 Å². The number of halogens is 3. The van der Waals surface area contributed by atoms with Gasteiger partial charge in [0.25, 0.3) is 4.74 Å². The van der Waals surface area contributed by atoms with Crippen LogP contribution in [0.25, 0.3) is 21.3 Å². The summed E-state index contributed by atoms with van der Waals surface area (Å²) in [5.41, 5.74) is 2.33. The van der Waals surface area contributed by atoms with E-state index in [1.807, 2.05) is 17.0 Å². The molecular weight excluding hydrogens is 463 g/mol. The molecular formula is C24H22F3N5OS. The summed E-state index contributed by atoms with van der Waals surface area (Å²) in [5.74, 6) is -1.32. The Hall–Kier alpha value is -2.95. The highest BCUT2D eigenvalue weighted by molar-refractivity contribution is 7.15. The third-order valence-electron chi connectivity index (χ3n) is 6.13. The van der Waals surface area contributed by atoms with Crippen molar-refractivity contribution in [1.29, 1.82) is 0 Å². The van der Waals surface area contributed by atoms with Crippen LogP contribution in [0, 0.1) is 11.6 Å². The number of fused-ring (bicyclic) bond motifs is 2. The average Bonchev–Trinajstić information content (AvgIpc) is 2.82. The Morgan fingerprint density at radius 3 is 2.91 bits per heavy atom. The van der Waals surface area contributed by atoms with E-state index in [0.717, 1.165) is 28.7 Å². The first-order valence-electron chi connectivity index (χ1n) is 11.0. The second kappa shape index (κ2) is 9.73. The van der Waals surface area contributed by atoms with E-state index in [4.69, 9.17) is 0 Å². The number of aromatic nitrogens is 3. The lowest BCUT2D eigenvalue weighted by molar-refractivity contribution is 0.104. The van der Waals surface area contributed by atoms with Gasteiger partial charge < -0.3 is 5.32 Å². The molecule has 1 aromatic carbocycles. The van der Waals surface area contributed by atoms with Gasteiger partial charge in [0.2, 0.25) is 0 Å². The summed E-state index contributed by atoms with van der Waals surface area (Å²) in [6, 6.07) is 7.22. The van der Waals surface area contributed by atoms with E-state index in [9.17, 15) is 18.0 Å². The SMILES string of the molecule is O=c1cnc2ccc(CN[C@@H]3CCN(CCc4ccnc5c(F)cc(F)cc45)C[C@@H]3F)nc2s1. The van der Waals surface area contributed by atoms with E-state index >= 15 is 0 Å². The Morgan fingerprint density at radius 2 is 2.06 bits per heavy atom. The van der Waals surface area contributed by atoms with Gasteiger partial charge >= 0.3 is 0 Å². The number of nitrogens with one attached hydrogen (secondary N) is 1. The first-order chi connectivity index (χ1) is 16.5. The number of benzene rings is 1. The minimum absolute atomic E-state index is 0.149. The van der Waals surface area contributed by atoms with E-state index in [1.54, 1.807) is 6.07 Å². The van der Waals surface area contributed by atoms with E-state index in [1.165, 1.54) is 18.5 Å². The van der Waals surface area contributed by atoms with Crippen LogP contribution in [0.2, 0.25) is 0 Å². The molecule has 1 N–H and O–H groups in total. The maximum absolute atomic E-state index is 14.9. The summed E-state index contributed by atoms with van der Waals surface area (Å²) in [6.07, 6.45) is 2.91. The smallest absolute Gasteiger partial charge is 0.252 e. The topological polar surface area (TPSA) is 71.0 Å². The monoisotopic (exact) mass is 485 g/mol. The molecule has 1 aliphatic rings. The standard InChI is InChI=1S/C24H22F3N5OS/c25-15-9-17-14(3-6-28-23(17)18(26)10-15)4-7-32-8-5-20(19(27)13-32)29-11-16-1-2-21-24(31-16)34-22(33)12-30-21/h1-3,6,9-10,12,19-20,29H,4-5,7-8,11,13H2/t19-,20+/m0/s1. The molecule has 176 valence electrons. The predicted molar refractivity (Wildman–Crippen MR) is 126 cm³/mol. The molecule has 6 nitrogen and oxygen atoms in total. The molecule has 0 aliphatic carbocycles. The van der Waals surface area contributed by atoms with Crippen LogP contribution in [-0.4, -0.2) is 51.7 Å². The second-order valence-electron chi connectivity index (χ2n) is 8.40. The summed E-state index contributed by atoms with van der Waals surface area (Å²) in [6.45, 7) is 1.97. The highest BCUT2D eigenvalue weighted by atomic mass is 32.1. The Balaban J connectivity index is 1.17. The van der Waals surface area contributed by atoms with Gasteiger partial charge in [-0.3, -0.25) is 14.7 Å². The highest BCUT2D eigenvalue weighted by Crippen LogP contribution is 2.23. The second-order valence-corrected chi connectivity index (χ2v) is 9.40. The third-order valence-corrected chi connectivity index (χ3v) is 6.93. The van der Waals surface area contributed by atoms with Gasteiger partial charge in [-0.15, -0.1) is 0 Å². The zero-order valence-corrected chi connectivity index (χ0v) is 19.0. The molecule has 10 heteroatoms. The largest absolute Gasteiger partial charge is 0.305 e. The van der Waals surface area contributed by atoms with Crippen LogP contribution >= 0.6 is 11.3 Å². The lowest BCUT2D eigenvalue weighted by atomic mass is 10.0. The number of hydrogen-bond donors (Lipinski definition) is 1. The number of nitrogens with zero attached hydrogens (tertiary/aromatic N) is 4. The summed E-state index contributed by atoms with van der Waals surface area (Å²) < 4.78 is 42.5. The van der Waals surface area contributed by atoms with Crippen molar-refractivity contribution in [3.8, 4) is 0 Å². The lowest BCUT2D eigenvalue weighted by Crippen LogP contribution is -2.51. The molecule has 0 saturated carbocycles. The van der Waals surface area contributed by atoms with Crippen LogP contribution in [-0.2, 0) is 13.0 Å². The van der Waals surface area contributed by atoms with E-state index in [2.05, 4.69) is 20.3 Å². The van der Waals surface area contributed by atoms with Crippen molar-refractivity contribution in [2.75, 3.05) is 19.6 Å². The van der Waals surface area contributed by atoms with Crippen molar-refractivity contribution in [2.24, 2.45) is 0 Å². The quantitative estimate of drug-likeness (QED) is 0.450. The van der Waals surface area contributed by atoms with Crippen LogP contribution in [0.5, 0.6) is 0 Å². The molecule has 1 saturated heterocycles. The molecule has 0 unspecified atom stereocenters. The van der Waals surface area contributed by atoms with Gasteiger partial charge in [-0.25, -0.2) is 23.1 Å². The Labute approximate surface area is 197 Å². The van der Waals surface area contributed by atoms with Gasteiger partial charge in [0.05, 0.1) is 17.4 Å². The Morgan fingerprint density at radius 1 is 1.18 bits per heavy atom. The summed E-state index contributed by atoms with van der Waals surface area (Å²) >= 11 is 1.04. The fraction of sp³-hybridized carbons (Fsp3) is 0.333. The van der Waals surface area contributed by atoms with E-state index < -0.39 is 17.8 Å². The Bertz CT molecular complexity index is 1400. The Kier molecular flexibility index (Phi) is 6.53. The summed E-state index contributed by atoms with van der Waals surface area (Å²) in [4.78, 5) is 26.7. The molecule has 4 heterocycles. The third kappa shape index (κ3) is 4.94. The normalized spacial score (nSPS) is 19.1. The van der Waals surface area contributed by atoms with Crippen LogP contribution in [0.15, 0.2) is 47.5 Å². The van der Waals surface area contributed by atoms with Crippen LogP contribution in [0.4, 0.5) is 13.2 Å². The van der Waals surface area contributed by atoms with Crippen LogP contribution in [0.3, 0.4) is 0 Å². The van der Waals surface area contributed by atoms with Crippen molar-refractivity contribution in [2.45, 2.75) is 31.6 Å². The lowest BCUT2D eigenvalue weighted by Gasteiger charge is -2.35. The molecule has 1 fully saturated rings. The zero-order valence-electron chi connectivity index (χ0n) is 18.2. The van der Waals surface area contributed by atoms with Crippen molar-refractivity contribution in [3.05, 3.63) is 75.2 Å². The number of rotatable bonds is 6. The molecule has 34 heavy (non-hydrogen) atoms. The summed E-state index contributed by atoms with van der Waals surface area (Å²) in [7, 11) is 0. The molecule has 1 aliphatic heterocycles. The molecule has 0 bridgehead atoms. The minimum Gasteiger partial charge on any atom is -0.305 e. The molecule has 2 atom stereocenters. The highest BCUT2D eigenvalue weighted by Gasteiger charge is 2.28. The minimum atomic E-state index is -1.06. The van der Waals surface area contributed by atoms with Gasteiger partial charge in [0.1, 0.15) is 22.3 Å². The molecule has 3 aromatic heterocycles. The first kappa shape index (κ1) is 22.8. The number of hydrogen-bond acceptors (Lipinski definition) is 7. The van der Waals surface area contributed by atoms with Crippen molar-refractivity contribution < 1.29 is 13.2 Å².